The molecule has 2 N–H and O–H groups in total. The zero-order valence-electron chi connectivity index (χ0n) is 21.2. The van der Waals surface area contributed by atoms with Crippen molar-refractivity contribution < 1.29 is 9.53 Å². The van der Waals surface area contributed by atoms with Crippen LogP contribution in [0, 0.1) is 6.92 Å². The third kappa shape index (κ3) is 4.64. The van der Waals surface area contributed by atoms with E-state index in [4.69, 9.17) is 4.74 Å². The van der Waals surface area contributed by atoms with Crippen LogP contribution in [0.1, 0.15) is 27.0 Å². The third-order valence-corrected chi connectivity index (χ3v) is 6.94. The molecule has 4 heteroatoms. The highest BCUT2D eigenvalue weighted by Crippen LogP contribution is 2.29. The number of anilines is 2. The Labute approximate surface area is 221 Å². The predicted octanol–water partition coefficient (Wildman–Crippen LogP) is 8.23. The molecule has 0 saturated heterocycles. The lowest BCUT2D eigenvalue weighted by Gasteiger charge is -2.14. The first-order valence-electron chi connectivity index (χ1n) is 12.8. The average molecular weight is 497 g/mol. The summed E-state index contributed by atoms with van der Waals surface area (Å²) in [6, 6.07) is 38.0. The molecule has 0 aliphatic rings. The molecule has 38 heavy (non-hydrogen) atoms. The van der Waals surface area contributed by atoms with Crippen LogP contribution in [0.2, 0.25) is 0 Å². The summed E-state index contributed by atoms with van der Waals surface area (Å²) in [5, 5.41) is 5.90. The Morgan fingerprint density at radius 1 is 0.763 bits per heavy atom. The van der Waals surface area contributed by atoms with Crippen molar-refractivity contribution in [2.24, 2.45) is 0 Å². The predicted molar refractivity (Wildman–Crippen MR) is 156 cm³/mol. The lowest BCUT2D eigenvalue weighted by atomic mass is 9.98. The Balaban J connectivity index is 1.17. The van der Waals surface area contributed by atoms with E-state index in [1.54, 1.807) is 0 Å². The second-order valence-corrected chi connectivity index (χ2v) is 9.45. The van der Waals surface area contributed by atoms with Gasteiger partial charge in [0, 0.05) is 56.8 Å². The summed E-state index contributed by atoms with van der Waals surface area (Å²) in [7, 11) is 0. The molecule has 0 radical (unpaired) electrons. The van der Waals surface area contributed by atoms with Gasteiger partial charge in [-0.2, -0.15) is 0 Å². The number of fused-ring (bicyclic) bond motifs is 3. The van der Waals surface area contributed by atoms with E-state index in [2.05, 4.69) is 52.8 Å². The molecule has 0 aliphatic heterocycles. The van der Waals surface area contributed by atoms with Gasteiger partial charge in [0.05, 0.1) is 6.61 Å². The molecule has 5 aromatic carbocycles. The number of hydrogen-bond donors (Lipinski definition) is 2. The normalized spacial score (nSPS) is 11.1. The molecule has 0 amide bonds. The van der Waals surface area contributed by atoms with Gasteiger partial charge in [-0.05, 0) is 48.4 Å². The Kier molecular flexibility index (Phi) is 6.37. The Morgan fingerprint density at radius 3 is 2.39 bits per heavy atom. The number of aromatic amines is 1. The Hall–Kier alpha value is -4.83. The minimum Gasteiger partial charge on any atom is -0.493 e. The van der Waals surface area contributed by atoms with Gasteiger partial charge in [0.25, 0.3) is 0 Å². The third-order valence-electron chi connectivity index (χ3n) is 6.94. The van der Waals surface area contributed by atoms with Gasteiger partial charge in [-0.25, -0.2) is 0 Å². The summed E-state index contributed by atoms with van der Waals surface area (Å²) >= 11 is 0. The smallest absolute Gasteiger partial charge is 0.195 e. The van der Waals surface area contributed by atoms with E-state index in [1.165, 1.54) is 21.9 Å². The first-order valence-corrected chi connectivity index (χ1v) is 12.8. The number of aryl methyl sites for hydroxylation is 1. The summed E-state index contributed by atoms with van der Waals surface area (Å²) in [6.45, 7) is 2.52. The summed E-state index contributed by atoms with van der Waals surface area (Å²) < 4.78 is 6.15. The number of para-hydroxylation sites is 3. The van der Waals surface area contributed by atoms with Gasteiger partial charge in [-0.15, -0.1) is 0 Å². The molecule has 186 valence electrons. The summed E-state index contributed by atoms with van der Waals surface area (Å²) in [5.74, 6) is 0.784. The topological polar surface area (TPSA) is 54.1 Å². The van der Waals surface area contributed by atoms with Crippen molar-refractivity contribution in [3.63, 3.8) is 0 Å². The van der Waals surface area contributed by atoms with Crippen LogP contribution in [0.25, 0.3) is 21.8 Å². The SMILES string of the molecule is Cc1ccccc1C(=O)c1ccccc1Nc1cccc(OCCc2cccc3c2[nH]c2ccccc23)c1. The van der Waals surface area contributed by atoms with E-state index in [9.17, 15) is 4.79 Å². The molecule has 6 rings (SSSR count). The molecule has 0 unspecified atom stereocenters. The highest BCUT2D eigenvalue weighted by Gasteiger charge is 2.15. The van der Waals surface area contributed by atoms with E-state index in [0.29, 0.717) is 17.7 Å². The van der Waals surface area contributed by atoms with Gasteiger partial charge >= 0.3 is 0 Å². The fourth-order valence-corrected chi connectivity index (χ4v) is 5.00. The first-order chi connectivity index (χ1) is 18.7. The van der Waals surface area contributed by atoms with Crippen LogP contribution in [-0.4, -0.2) is 17.4 Å². The molecule has 0 aliphatic carbocycles. The van der Waals surface area contributed by atoms with Gasteiger partial charge in [0.15, 0.2) is 5.78 Å². The maximum absolute atomic E-state index is 13.3. The number of aromatic nitrogens is 1. The van der Waals surface area contributed by atoms with Crippen LogP contribution in [0.15, 0.2) is 115 Å². The van der Waals surface area contributed by atoms with Crippen molar-refractivity contribution in [3.8, 4) is 5.75 Å². The zero-order chi connectivity index (χ0) is 25.9. The summed E-state index contributed by atoms with van der Waals surface area (Å²) in [5.41, 5.74) is 7.50. The van der Waals surface area contributed by atoms with Crippen LogP contribution in [0.5, 0.6) is 5.75 Å². The van der Waals surface area contributed by atoms with E-state index in [1.807, 2.05) is 79.7 Å². The monoisotopic (exact) mass is 496 g/mol. The van der Waals surface area contributed by atoms with Gasteiger partial charge in [-0.1, -0.05) is 78.9 Å². The first kappa shape index (κ1) is 23.6. The molecular formula is C34H28N2O2. The fourth-order valence-electron chi connectivity index (χ4n) is 5.00. The second-order valence-electron chi connectivity index (χ2n) is 9.45. The number of ketones is 1. The molecule has 0 saturated carbocycles. The van der Waals surface area contributed by atoms with Crippen molar-refractivity contribution in [1.29, 1.82) is 0 Å². The van der Waals surface area contributed by atoms with Crippen LogP contribution < -0.4 is 10.1 Å². The Morgan fingerprint density at radius 2 is 1.50 bits per heavy atom. The van der Waals surface area contributed by atoms with E-state index < -0.39 is 0 Å². The highest BCUT2D eigenvalue weighted by molar-refractivity contribution is 6.13. The molecule has 1 heterocycles. The fraction of sp³-hybridized carbons (Fsp3) is 0.0882. The molecule has 0 fully saturated rings. The number of benzene rings is 5. The van der Waals surface area contributed by atoms with Gasteiger partial charge in [0.2, 0.25) is 0 Å². The number of rotatable bonds is 8. The second kappa shape index (κ2) is 10.3. The van der Waals surface area contributed by atoms with Crippen molar-refractivity contribution >= 4 is 39.0 Å². The lowest BCUT2D eigenvalue weighted by molar-refractivity contribution is 0.103. The molecule has 0 atom stereocenters. The Bertz CT molecular complexity index is 1770. The van der Waals surface area contributed by atoms with Gasteiger partial charge in [0.1, 0.15) is 5.75 Å². The number of hydrogen-bond acceptors (Lipinski definition) is 3. The summed E-state index contributed by atoms with van der Waals surface area (Å²) in [6.07, 6.45) is 0.787. The van der Waals surface area contributed by atoms with Gasteiger partial charge in [-0.3, -0.25) is 4.79 Å². The molecule has 6 aromatic rings. The number of H-pyrrole nitrogens is 1. The largest absolute Gasteiger partial charge is 0.493 e. The van der Waals surface area contributed by atoms with E-state index >= 15 is 0 Å². The molecule has 4 nitrogen and oxygen atoms in total. The van der Waals surface area contributed by atoms with E-state index in [-0.39, 0.29) is 5.78 Å². The quantitative estimate of drug-likeness (QED) is 0.209. The zero-order valence-corrected chi connectivity index (χ0v) is 21.2. The minimum absolute atomic E-state index is 0.00441. The maximum Gasteiger partial charge on any atom is 0.195 e. The van der Waals surface area contributed by atoms with Crippen LogP contribution in [-0.2, 0) is 6.42 Å². The van der Waals surface area contributed by atoms with Crippen molar-refractivity contribution in [1.82, 2.24) is 4.98 Å². The molecule has 1 aromatic heterocycles. The lowest BCUT2D eigenvalue weighted by Crippen LogP contribution is -2.07. The maximum atomic E-state index is 13.3. The summed E-state index contributed by atoms with van der Waals surface area (Å²) in [4.78, 5) is 16.9. The van der Waals surface area contributed by atoms with Crippen molar-refractivity contribution in [2.45, 2.75) is 13.3 Å². The van der Waals surface area contributed by atoms with Crippen LogP contribution in [0.4, 0.5) is 11.4 Å². The molecule has 0 spiro atoms. The van der Waals surface area contributed by atoms with Crippen LogP contribution >= 0.6 is 0 Å². The van der Waals surface area contributed by atoms with E-state index in [0.717, 1.165) is 34.6 Å². The average Bonchev–Trinajstić information content (AvgIpc) is 3.33. The number of carbonyl (C=O) groups excluding carboxylic acids is 1. The molecular weight excluding hydrogens is 468 g/mol. The van der Waals surface area contributed by atoms with Crippen molar-refractivity contribution in [2.75, 3.05) is 11.9 Å². The van der Waals surface area contributed by atoms with Gasteiger partial charge < -0.3 is 15.0 Å². The standard InChI is InChI=1S/C34H28N2O2/c1-23-10-2-3-14-27(23)34(37)30-16-5-7-19-32(30)35-25-12-9-13-26(22-25)38-21-20-24-11-8-17-29-28-15-4-6-18-31(28)36-33(24)29/h2-19,22,35-36H,20-21H2,1H3. The minimum atomic E-state index is 0.00441. The number of ether oxygens (including phenoxy) is 1. The van der Waals surface area contributed by atoms with Crippen molar-refractivity contribution in [3.05, 3.63) is 138 Å². The highest BCUT2D eigenvalue weighted by atomic mass is 16.5. The molecule has 0 bridgehead atoms. The van der Waals surface area contributed by atoms with Crippen LogP contribution in [0.3, 0.4) is 0 Å². The number of carbonyl (C=O) groups is 1. The number of nitrogens with one attached hydrogen (secondary N) is 2.